The lowest BCUT2D eigenvalue weighted by atomic mass is 9.92. The standard InChI is InChI=1S/C24H32N2O2SSi/c1-18-11-13-20(14-12-18)29(27,28)25-26-23-19(2)17-24(26,3)16-15-22(23)30(4,5)21-9-7-6-8-10-21/h6-14,22-23,25H,2,15-17H2,1,3-5H3/t22-,23-,24-/m0/s1. The maximum absolute atomic E-state index is 13.2. The van der Waals surface area contributed by atoms with Crippen molar-refractivity contribution in [3.8, 4) is 0 Å². The highest BCUT2D eigenvalue weighted by molar-refractivity contribution is 7.89. The zero-order valence-electron chi connectivity index (χ0n) is 18.4. The fourth-order valence-electron chi connectivity index (χ4n) is 5.40. The van der Waals surface area contributed by atoms with Crippen LogP contribution in [0.15, 0.2) is 71.6 Å². The average Bonchev–Trinajstić information content (AvgIpc) is 2.83. The summed E-state index contributed by atoms with van der Waals surface area (Å²) in [6.45, 7) is 13.4. The second-order valence-corrected chi connectivity index (χ2v) is 16.2. The third kappa shape index (κ3) is 3.60. The minimum absolute atomic E-state index is 0.0332. The molecule has 6 heteroatoms. The van der Waals surface area contributed by atoms with E-state index in [1.165, 1.54) is 5.19 Å². The molecule has 2 aromatic carbocycles. The van der Waals surface area contributed by atoms with Crippen molar-refractivity contribution in [2.75, 3.05) is 0 Å². The van der Waals surface area contributed by atoms with Crippen LogP contribution in [0.3, 0.4) is 0 Å². The number of rotatable bonds is 5. The summed E-state index contributed by atoms with van der Waals surface area (Å²) < 4.78 is 26.5. The first-order chi connectivity index (χ1) is 14.0. The van der Waals surface area contributed by atoms with Crippen LogP contribution in [0.5, 0.6) is 0 Å². The number of nitrogens with one attached hydrogen (secondary N) is 1. The van der Waals surface area contributed by atoms with E-state index in [9.17, 15) is 8.42 Å². The van der Waals surface area contributed by atoms with Gasteiger partial charge in [0.05, 0.1) is 13.0 Å². The molecule has 0 amide bonds. The molecule has 0 aliphatic carbocycles. The van der Waals surface area contributed by atoms with Crippen molar-refractivity contribution >= 4 is 23.3 Å². The quantitative estimate of drug-likeness (QED) is 0.555. The molecule has 30 heavy (non-hydrogen) atoms. The van der Waals surface area contributed by atoms with E-state index < -0.39 is 18.1 Å². The van der Waals surface area contributed by atoms with Crippen molar-refractivity contribution in [3.63, 3.8) is 0 Å². The van der Waals surface area contributed by atoms with Gasteiger partial charge in [0.25, 0.3) is 10.0 Å². The van der Waals surface area contributed by atoms with E-state index in [1.807, 2.05) is 24.1 Å². The van der Waals surface area contributed by atoms with Gasteiger partial charge in [0.2, 0.25) is 0 Å². The number of piperidine rings is 1. The van der Waals surface area contributed by atoms with E-state index in [-0.39, 0.29) is 11.6 Å². The number of hydrazine groups is 1. The van der Waals surface area contributed by atoms with Gasteiger partial charge in [0, 0.05) is 11.6 Å². The van der Waals surface area contributed by atoms with Gasteiger partial charge in [0.15, 0.2) is 0 Å². The molecule has 4 rings (SSSR count). The summed E-state index contributed by atoms with van der Waals surface area (Å²) in [4.78, 5) is 3.29. The third-order valence-electron chi connectivity index (χ3n) is 7.26. The molecule has 0 aromatic heterocycles. The van der Waals surface area contributed by atoms with Crippen LogP contribution in [0.25, 0.3) is 0 Å². The summed E-state index contributed by atoms with van der Waals surface area (Å²) in [7, 11) is -5.50. The minimum atomic E-state index is -3.65. The molecule has 0 radical (unpaired) electrons. The molecule has 160 valence electrons. The van der Waals surface area contributed by atoms with Crippen LogP contribution in [0.2, 0.25) is 18.6 Å². The first-order valence-electron chi connectivity index (χ1n) is 10.7. The third-order valence-corrected chi connectivity index (χ3v) is 12.9. The van der Waals surface area contributed by atoms with Crippen LogP contribution in [-0.2, 0) is 10.0 Å². The normalized spacial score (nSPS) is 27.4. The Hall–Kier alpha value is -1.73. The molecule has 2 heterocycles. The SMILES string of the molecule is C=C1C[C@]2(C)CC[C@H]([Si](C)(C)c3ccccc3)[C@H]1N2NS(=O)(=O)c1ccc(C)cc1. The van der Waals surface area contributed by atoms with Gasteiger partial charge in [-0.15, -0.1) is 4.83 Å². The van der Waals surface area contributed by atoms with Crippen molar-refractivity contribution in [2.24, 2.45) is 0 Å². The average molecular weight is 441 g/mol. The Morgan fingerprint density at radius 1 is 1.10 bits per heavy atom. The highest BCUT2D eigenvalue weighted by Gasteiger charge is 2.56. The Kier molecular flexibility index (Phi) is 5.34. The molecule has 2 aliphatic heterocycles. The zero-order valence-corrected chi connectivity index (χ0v) is 20.2. The number of fused-ring (bicyclic) bond motifs is 2. The van der Waals surface area contributed by atoms with Gasteiger partial charge in [-0.2, -0.15) is 0 Å². The van der Waals surface area contributed by atoms with Gasteiger partial charge in [-0.3, -0.25) is 0 Å². The Labute approximate surface area is 182 Å². The fraction of sp³-hybridized carbons (Fsp3) is 0.417. The topological polar surface area (TPSA) is 49.4 Å². The Bertz CT molecular complexity index is 1050. The van der Waals surface area contributed by atoms with Crippen molar-refractivity contribution < 1.29 is 8.42 Å². The monoisotopic (exact) mass is 440 g/mol. The van der Waals surface area contributed by atoms with Gasteiger partial charge in [-0.25, -0.2) is 13.4 Å². The second-order valence-electron chi connectivity index (χ2n) is 9.79. The summed E-state index contributed by atoms with van der Waals surface area (Å²) in [6, 6.07) is 17.8. The second kappa shape index (κ2) is 7.45. The summed E-state index contributed by atoms with van der Waals surface area (Å²) in [5.41, 5.74) is 2.38. The molecule has 0 spiro atoms. The van der Waals surface area contributed by atoms with Crippen LogP contribution >= 0.6 is 0 Å². The van der Waals surface area contributed by atoms with Crippen LogP contribution in [0.4, 0.5) is 0 Å². The molecule has 2 bridgehead atoms. The van der Waals surface area contributed by atoms with Crippen molar-refractivity contribution in [1.82, 2.24) is 9.84 Å². The summed E-state index contributed by atoms with van der Waals surface area (Å²) in [5.74, 6) is 0. The zero-order chi connectivity index (χ0) is 21.7. The molecular formula is C24H32N2O2SSi. The first-order valence-corrected chi connectivity index (χ1v) is 15.2. The molecule has 2 saturated heterocycles. The predicted molar refractivity (Wildman–Crippen MR) is 126 cm³/mol. The fourth-order valence-corrected chi connectivity index (χ4v) is 10.1. The van der Waals surface area contributed by atoms with Crippen LogP contribution in [-0.4, -0.2) is 33.1 Å². The Morgan fingerprint density at radius 3 is 2.37 bits per heavy atom. The number of nitrogens with zero attached hydrogens (tertiary/aromatic N) is 1. The van der Waals surface area contributed by atoms with E-state index in [1.54, 1.807) is 12.1 Å². The smallest absolute Gasteiger partial charge is 0.217 e. The number of aryl methyl sites for hydroxylation is 1. The largest absolute Gasteiger partial charge is 0.253 e. The number of sulfonamides is 1. The molecule has 4 nitrogen and oxygen atoms in total. The molecular weight excluding hydrogens is 408 g/mol. The molecule has 2 aliphatic rings. The molecule has 3 atom stereocenters. The van der Waals surface area contributed by atoms with Gasteiger partial charge in [-0.05, 0) is 50.8 Å². The highest BCUT2D eigenvalue weighted by atomic mass is 32.2. The lowest BCUT2D eigenvalue weighted by Crippen LogP contribution is -2.63. The maximum atomic E-state index is 13.2. The summed E-state index contributed by atoms with van der Waals surface area (Å²) >= 11 is 0. The van der Waals surface area contributed by atoms with E-state index in [2.05, 4.69) is 61.8 Å². The number of benzene rings is 2. The van der Waals surface area contributed by atoms with Crippen molar-refractivity contribution in [2.45, 2.75) is 68.2 Å². The lowest BCUT2D eigenvalue weighted by Gasteiger charge is -2.49. The van der Waals surface area contributed by atoms with Crippen LogP contribution in [0.1, 0.15) is 31.7 Å². The highest BCUT2D eigenvalue weighted by Crippen LogP contribution is 2.53. The molecule has 0 unspecified atom stereocenters. The minimum Gasteiger partial charge on any atom is -0.217 e. The molecule has 0 saturated carbocycles. The van der Waals surface area contributed by atoms with E-state index in [0.29, 0.717) is 10.4 Å². The number of hydrogen-bond acceptors (Lipinski definition) is 3. The van der Waals surface area contributed by atoms with Crippen LogP contribution in [0, 0.1) is 6.92 Å². The Balaban J connectivity index is 1.69. The first kappa shape index (κ1) is 21.5. The van der Waals surface area contributed by atoms with E-state index in [4.69, 9.17) is 0 Å². The van der Waals surface area contributed by atoms with Crippen LogP contribution < -0.4 is 10.0 Å². The van der Waals surface area contributed by atoms with Gasteiger partial charge in [-0.1, -0.05) is 78.5 Å². The van der Waals surface area contributed by atoms with Gasteiger partial charge in [0.1, 0.15) is 0 Å². The van der Waals surface area contributed by atoms with E-state index >= 15 is 0 Å². The van der Waals surface area contributed by atoms with Crippen molar-refractivity contribution in [3.05, 3.63) is 72.3 Å². The predicted octanol–water partition coefficient (Wildman–Crippen LogP) is 4.36. The maximum Gasteiger partial charge on any atom is 0.253 e. The Morgan fingerprint density at radius 2 is 1.73 bits per heavy atom. The van der Waals surface area contributed by atoms with E-state index in [0.717, 1.165) is 30.4 Å². The number of hydrogen-bond donors (Lipinski definition) is 1. The summed E-state index contributed by atoms with van der Waals surface area (Å²) in [5, 5.41) is 3.45. The van der Waals surface area contributed by atoms with Gasteiger partial charge >= 0.3 is 0 Å². The van der Waals surface area contributed by atoms with Crippen molar-refractivity contribution in [1.29, 1.82) is 0 Å². The molecule has 2 aromatic rings. The van der Waals surface area contributed by atoms with Gasteiger partial charge < -0.3 is 0 Å². The summed E-state index contributed by atoms with van der Waals surface area (Å²) in [6.07, 6.45) is 2.91. The lowest BCUT2D eigenvalue weighted by molar-refractivity contribution is 0.0461. The molecule has 1 N–H and O–H groups in total. The molecule has 2 fully saturated rings.